The number of halogens is 1. The Kier molecular flexibility index (Phi) is 7.63. The number of benzene rings is 1. The van der Waals surface area contributed by atoms with E-state index in [1.807, 2.05) is 19.2 Å². The van der Waals surface area contributed by atoms with Crippen molar-refractivity contribution in [3.8, 4) is 0 Å². The van der Waals surface area contributed by atoms with E-state index in [0.717, 1.165) is 18.4 Å². The molecule has 0 spiro atoms. The first kappa shape index (κ1) is 19.1. The van der Waals surface area contributed by atoms with Gasteiger partial charge in [0.25, 0.3) is 5.91 Å². The number of nitrogens with zero attached hydrogens (tertiary/aromatic N) is 2. The fraction of sp³-hybridized carbons (Fsp3) is 0.389. The number of aldehydes is 1. The molecule has 0 saturated carbocycles. The van der Waals surface area contributed by atoms with Gasteiger partial charge in [-0.3, -0.25) is 14.6 Å². The van der Waals surface area contributed by atoms with E-state index in [1.54, 1.807) is 17.1 Å². The van der Waals surface area contributed by atoms with E-state index < -0.39 is 0 Å². The molecular formula is C18H22ClN3O3. The summed E-state index contributed by atoms with van der Waals surface area (Å²) < 4.78 is 5.34. The van der Waals surface area contributed by atoms with Gasteiger partial charge in [0, 0.05) is 31.8 Å². The summed E-state index contributed by atoms with van der Waals surface area (Å²) in [5.41, 5.74) is 1.07. The van der Waals surface area contributed by atoms with Crippen molar-refractivity contribution < 1.29 is 14.3 Å². The minimum atomic E-state index is -0.350. The van der Waals surface area contributed by atoms with Crippen LogP contribution in [0.2, 0.25) is 5.02 Å². The number of carbonyl (C=O) groups excluding carboxylic acids is 2. The third kappa shape index (κ3) is 6.32. The number of hydrogen-bond acceptors (Lipinski definition) is 5. The van der Waals surface area contributed by atoms with E-state index in [4.69, 9.17) is 16.3 Å². The van der Waals surface area contributed by atoms with Gasteiger partial charge in [0.05, 0.1) is 6.04 Å². The molecule has 1 fully saturated rings. The van der Waals surface area contributed by atoms with Gasteiger partial charge in [-0.1, -0.05) is 23.7 Å². The van der Waals surface area contributed by atoms with Gasteiger partial charge in [-0.2, -0.15) is 5.10 Å². The fourth-order valence-corrected chi connectivity index (χ4v) is 2.73. The first-order valence-corrected chi connectivity index (χ1v) is 8.51. The largest absolute Gasteiger partial charge is 0.381 e. The van der Waals surface area contributed by atoms with Crippen molar-refractivity contribution in [2.45, 2.75) is 25.4 Å². The molecule has 1 aromatic carbocycles. The third-order valence-corrected chi connectivity index (χ3v) is 4.13. The molecule has 1 heterocycles. The molecule has 1 aliphatic heterocycles. The highest BCUT2D eigenvalue weighted by Crippen LogP contribution is 2.13. The average Bonchev–Trinajstić information content (AvgIpc) is 2.63. The first-order valence-electron chi connectivity index (χ1n) is 8.14. The number of nitrogens with one attached hydrogen (secondary N) is 1. The second kappa shape index (κ2) is 9.96. The second-order valence-electron chi connectivity index (χ2n) is 5.71. The lowest BCUT2D eigenvalue weighted by Crippen LogP contribution is -2.36. The quantitative estimate of drug-likeness (QED) is 0.349. The third-order valence-electron chi connectivity index (χ3n) is 3.89. The minimum Gasteiger partial charge on any atom is -0.381 e. The number of ether oxygens (including phenoxy) is 1. The summed E-state index contributed by atoms with van der Waals surface area (Å²) in [7, 11) is 1.83. The minimum absolute atomic E-state index is 0.183. The molecule has 25 heavy (non-hydrogen) atoms. The van der Waals surface area contributed by atoms with Gasteiger partial charge in [0.1, 0.15) is 12.0 Å². The van der Waals surface area contributed by atoms with E-state index >= 15 is 0 Å². The van der Waals surface area contributed by atoms with Gasteiger partial charge in [0.2, 0.25) is 0 Å². The molecule has 7 heteroatoms. The number of amides is 1. The zero-order chi connectivity index (χ0) is 18.1. The van der Waals surface area contributed by atoms with Crippen molar-refractivity contribution in [2.75, 3.05) is 20.3 Å². The summed E-state index contributed by atoms with van der Waals surface area (Å²) in [5.74, 6) is -0.350. The summed E-state index contributed by atoms with van der Waals surface area (Å²) in [6, 6.07) is 7.47. The van der Waals surface area contributed by atoms with E-state index in [9.17, 15) is 9.59 Å². The summed E-state index contributed by atoms with van der Waals surface area (Å²) in [5, 5.41) is 9.56. The van der Waals surface area contributed by atoms with Crippen LogP contribution in [-0.4, -0.2) is 49.2 Å². The standard InChI is InChI=1S/C18H22ClN3O3/c1-22(16-7-10-25-11-8-16)21-17(6-3-9-23)18(24)20-13-14-4-2-5-15(19)12-14/h2-6,9,12,16H,7-8,10-11,13H2,1H3,(H,20,24)/b6-3-,21-17+. The van der Waals surface area contributed by atoms with Gasteiger partial charge in [0.15, 0.2) is 0 Å². The smallest absolute Gasteiger partial charge is 0.271 e. The van der Waals surface area contributed by atoms with Crippen LogP contribution < -0.4 is 5.32 Å². The topological polar surface area (TPSA) is 71.0 Å². The van der Waals surface area contributed by atoms with Crippen LogP contribution in [0.5, 0.6) is 0 Å². The van der Waals surface area contributed by atoms with Crippen LogP contribution in [0, 0.1) is 0 Å². The van der Waals surface area contributed by atoms with Crippen molar-refractivity contribution in [1.29, 1.82) is 0 Å². The molecule has 134 valence electrons. The Morgan fingerprint density at radius 1 is 1.44 bits per heavy atom. The molecule has 0 aromatic heterocycles. The maximum absolute atomic E-state index is 12.4. The van der Waals surface area contributed by atoms with Gasteiger partial charge in [-0.05, 0) is 42.7 Å². The molecule has 1 saturated heterocycles. The van der Waals surface area contributed by atoms with Gasteiger partial charge >= 0.3 is 0 Å². The molecule has 1 aromatic rings. The summed E-state index contributed by atoms with van der Waals surface area (Å²) in [6.07, 6.45) is 5.00. The highest BCUT2D eigenvalue weighted by Gasteiger charge is 2.19. The predicted molar refractivity (Wildman–Crippen MR) is 97.5 cm³/mol. The molecule has 1 N–H and O–H groups in total. The lowest BCUT2D eigenvalue weighted by Gasteiger charge is -2.29. The van der Waals surface area contributed by atoms with Crippen LogP contribution in [0.3, 0.4) is 0 Å². The Morgan fingerprint density at radius 2 is 2.20 bits per heavy atom. The van der Waals surface area contributed by atoms with Gasteiger partial charge in [-0.25, -0.2) is 0 Å². The number of allylic oxidation sites excluding steroid dienone is 1. The lowest BCUT2D eigenvalue weighted by atomic mass is 10.1. The van der Waals surface area contributed by atoms with Crippen LogP contribution in [0.4, 0.5) is 0 Å². The van der Waals surface area contributed by atoms with Crippen molar-refractivity contribution >= 4 is 29.5 Å². The highest BCUT2D eigenvalue weighted by molar-refractivity contribution is 6.43. The maximum atomic E-state index is 12.4. The molecule has 0 aliphatic carbocycles. The van der Waals surface area contributed by atoms with Crippen LogP contribution in [-0.2, 0) is 20.9 Å². The Hall–Kier alpha value is -2.18. The predicted octanol–water partition coefficient (Wildman–Crippen LogP) is 2.18. The molecular weight excluding hydrogens is 342 g/mol. The first-order chi connectivity index (χ1) is 12.1. The van der Waals surface area contributed by atoms with E-state index in [0.29, 0.717) is 31.1 Å². The SMILES string of the molecule is CN(/N=C(\C=C/C=O)C(=O)NCc1cccc(Cl)c1)C1CCOCC1. The van der Waals surface area contributed by atoms with Gasteiger partial charge < -0.3 is 10.1 Å². The number of rotatable bonds is 7. The highest BCUT2D eigenvalue weighted by atomic mass is 35.5. The van der Waals surface area contributed by atoms with Crippen molar-refractivity contribution in [3.05, 3.63) is 47.0 Å². The van der Waals surface area contributed by atoms with Crippen LogP contribution >= 0.6 is 11.6 Å². The molecule has 6 nitrogen and oxygen atoms in total. The lowest BCUT2D eigenvalue weighted by molar-refractivity contribution is -0.115. The molecule has 1 aliphatic rings. The molecule has 2 rings (SSSR count). The second-order valence-corrected chi connectivity index (χ2v) is 6.15. The zero-order valence-electron chi connectivity index (χ0n) is 14.2. The molecule has 0 atom stereocenters. The fourth-order valence-electron chi connectivity index (χ4n) is 2.52. The van der Waals surface area contributed by atoms with Crippen molar-refractivity contribution in [1.82, 2.24) is 10.3 Å². The number of hydrazone groups is 1. The van der Waals surface area contributed by atoms with Crippen LogP contribution in [0.25, 0.3) is 0 Å². The Labute approximate surface area is 152 Å². The van der Waals surface area contributed by atoms with Crippen LogP contribution in [0.1, 0.15) is 18.4 Å². The zero-order valence-corrected chi connectivity index (χ0v) is 14.9. The summed E-state index contributed by atoms with van der Waals surface area (Å²) >= 11 is 5.94. The number of carbonyl (C=O) groups is 2. The Bertz CT molecular complexity index is 655. The molecule has 1 amide bonds. The van der Waals surface area contributed by atoms with E-state index in [-0.39, 0.29) is 17.7 Å². The molecule has 0 unspecified atom stereocenters. The molecule has 0 radical (unpaired) electrons. The monoisotopic (exact) mass is 363 g/mol. The maximum Gasteiger partial charge on any atom is 0.271 e. The summed E-state index contributed by atoms with van der Waals surface area (Å²) in [4.78, 5) is 23.1. The number of hydrogen-bond donors (Lipinski definition) is 1. The Balaban J connectivity index is 2.04. The van der Waals surface area contributed by atoms with E-state index in [2.05, 4.69) is 10.4 Å². The van der Waals surface area contributed by atoms with Crippen molar-refractivity contribution in [3.63, 3.8) is 0 Å². The summed E-state index contributed by atoms with van der Waals surface area (Å²) in [6.45, 7) is 1.70. The van der Waals surface area contributed by atoms with Crippen molar-refractivity contribution in [2.24, 2.45) is 5.10 Å². The van der Waals surface area contributed by atoms with Crippen LogP contribution in [0.15, 0.2) is 41.5 Å². The molecule has 0 bridgehead atoms. The van der Waals surface area contributed by atoms with E-state index in [1.165, 1.54) is 12.2 Å². The normalized spacial score (nSPS) is 16.0. The Morgan fingerprint density at radius 3 is 2.88 bits per heavy atom. The average molecular weight is 364 g/mol. The van der Waals surface area contributed by atoms with Gasteiger partial charge in [-0.15, -0.1) is 0 Å².